The van der Waals surface area contributed by atoms with E-state index in [0.29, 0.717) is 41.9 Å². The molecular weight excluding hydrogens is 402 g/mol. The number of carbonyl (C=O) groups is 2. The minimum atomic E-state index is -1.22. The Hall–Kier alpha value is -2.62. The SMILES string of the molecule is O=C1c2ccccc2C(=O)c2c1cc(OCCN(CCO)CCO)c1c2C[C@@H](O)[C@H]1O. The maximum absolute atomic E-state index is 13.2. The Bertz CT molecular complexity index is 1010. The highest BCUT2D eigenvalue weighted by molar-refractivity contribution is 6.29. The van der Waals surface area contributed by atoms with E-state index in [2.05, 4.69) is 0 Å². The molecule has 0 fully saturated rings. The van der Waals surface area contributed by atoms with Crippen molar-refractivity contribution < 1.29 is 34.8 Å². The molecule has 2 aromatic carbocycles. The lowest BCUT2D eigenvalue weighted by Gasteiger charge is -2.24. The van der Waals surface area contributed by atoms with Gasteiger partial charge in [-0.3, -0.25) is 14.5 Å². The third-order valence-corrected chi connectivity index (χ3v) is 5.90. The molecular formula is C23H25NO7. The van der Waals surface area contributed by atoms with E-state index in [1.54, 1.807) is 24.3 Å². The maximum atomic E-state index is 13.2. The fraction of sp³-hybridized carbons (Fsp3) is 0.391. The minimum absolute atomic E-state index is 0.0539. The zero-order chi connectivity index (χ0) is 22.1. The van der Waals surface area contributed by atoms with Gasteiger partial charge in [-0.25, -0.2) is 0 Å². The van der Waals surface area contributed by atoms with Gasteiger partial charge in [0.2, 0.25) is 0 Å². The highest BCUT2D eigenvalue weighted by atomic mass is 16.5. The molecule has 164 valence electrons. The highest BCUT2D eigenvalue weighted by Gasteiger charge is 2.41. The first-order valence-corrected chi connectivity index (χ1v) is 10.3. The number of nitrogens with zero attached hydrogens (tertiary/aromatic N) is 1. The van der Waals surface area contributed by atoms with Crippen molar-refractivity contribution in [1.29, 1.82) is 0 Å². The van der Waals surface area contributed by atoms with Gasteiger partial charge in [-0.15, -0.1) is 0 Å². The van der Waals surface area contributed by atoms with E-state index in [1.165, 1.54) is 6.07 Å². The van der Waals surface area contributed by atoms with Gasteiger partial charge in [0.15, 0.2) is 11.6 Å². The average Bonchev–Trinajstić information content (AvgIpc) is 3.06. The van der Waals surface area contributed by atoms with E-state index in [4.69, 9.17) is 14.9 Å². The van der Waals surface area contributed by atoms with Gasteiger partial charge in [-0.2, -0.15) is 0 Å². The Morgan fingerprint density at radius 1 is 0.935 bits per heavy atom. The lowest BCUT2D eigenvalue weighted by atomic mass is 9.80. The number of rotatable bonds is 8. The molecule has 4 rings (SSSR count). The van der Waals surface area contributed by atoms with Gasteiger partial charge in [0.05, 0.1) is 19.3 Å². The van der Waals surface area contributed by atoms with Crippen LogP contribution in [0.1, 0.15) is 49.1 Å². The minimum Gasteiger partial charge on any atom is -0.492 e. The highest BCUT2D eigenvalue weighted by Crippen LogP contribution is 2.44. The monoisotopic (exact) mass is 427 g/mol. The molecule has 8 nitrogen and oxygen atoms in total. The van der Waals surface area contributed by atoms with Crippen LogP contribution in [0.5, 0.6) is 5.75 Å². The van der Waals surface area contributed by atoms with E-state index >= 15 is 0 Å². The second-order valence-corrected chi connectivity index (χ2v) is 7.75. The summed E-state index contributed by atoms with van der Waals surface area (Å²) in [6.45, 7) is 1.20. The van der Waals surface area contributed by atoms with Crippen molar-refractivity contribution in [2.24, 2.45) is 0 Å². The summed E-state index contributed by atoms with van der Waals surface area (Å²) in [6, 6.07) is 8.09. The van der Waals surface area contributed by atoms with Crippen molar-refractivity contribution in [3.63, 3.8) is 0 Å². The van der Waals surface area contributed by atoms with Crippen LogP contribution in [-0.2, 0) is 6.42 Å². The maximum Gasteiger partial charge on any atom is 0.194 e. The van der Waals surface area contributed by atoms with Crippen molar-refractivity contribution in [3.8, 4) is 5.75 Å². The standard InChI is InChI=1S/C23H25NO7/c25-8-5-24(6-9-26)7-10-31-18-12-16-19(15-11-17(27)23(30)20(15)18)22(29)14-4-2-1-3-13(14)21(16)28/h1-4,12,17,23,25-27,30H,5-11H2/t17-,23-/m1/s1. The largest absolute Gasteiger partial charge is 0.492 e. The molecule has 0 spiro atoms. The van der Waals surface area contributed by atoms with Crippen molar-refractivity contribution in [3.05, 3.63) is 63.7 Å². The molecule has 31 heavy (non-hydrogen) atoms. The molecule has 2 aliphatic carbocycles. The molecule has 0 bridgehead atoms. The fourth-order valence-corrected chi connectivity index (χ4v) is 4.40. The van der Waals surface area contributed by atoms with Crippen LogP contribution < -0.4 is 4.74 Å². The lowest BCUT2D eigenvalue weighted by molar-refractivity contribution is 0.0310. The Balaban J connectivity index is 1.71. The topological polar surface area (TPSA) is 128 Å². The molecule has 0 aliphatic heterocycles. The third-order valence-electron chi connectivity index (χ3n) is 5.90. The molecule has 0 heterocycles. The second kappa shape index (κ2) is 8.86. The molecule has 2 aliphatic rings. The number of aliphatic hydroxyl groups excluding tert-OH is 4. The first-order valence-electron chi connectivity index (χ1n) is 10.3. The van der Waals surface area contributed by atoms with Crippen LogP contribution >= 0.6 is 0 Å². The molecule has 4 N–H and O–H groups in total. The number of ether oxygens (including phenoxy) is 1. The van der Waals surface area contributed by atoms with Gasteiger partial charge in [-0.05, 0) is 11.6 Å². The predicted molar refractivity (Wildman–Crippen MR) is 111 cm³/mol. The van der Waals surface area contributed by atoms with Gasteiger partial charge < -0.3 is 25.2 Å². The molecule has 8 heteroatoms. The Kier molecular flexibility index (Phi) is 6.17. The molecule has 0 saturated carbocycles. The number of hydrogen-bond acceptors (Lipinski definition) is 8. The van der Waals surface area contributed by atoms with E-state index in [-0.39, 0.29) is 54.7 Å². The molecule has 2 atom stereocenters. The van der Waals surface area contributed by atoms with E-state index in [0.717, 1.165) is 0 Å². The quantitative estimate of drug-likeness (QED) is 0.398. The molecule has 2 aromatic rings. The summed E-state index contributed by atoms with van der Waals surface area (Å²) >= 11 is 0. The number of carbonyl (C=O) groups excluding carboxylic acids is 2. The molecule has 0 saturated heterocycles. The van der Waals surface area contributed by atoms with Crippen molar-refractivity contribution >= 4 is 11.6 Å². The van der Waals surface area contributed by atoms with Gasteiger partial charge in [0, 0.05) is 53.9 Å². The zero-order valence-electron chi connectivity index (χ0n) is 17.0. The van der Waals surface area contributed by atoms with Gasteiger partial charge in [-0.1, -0.05) is 24.3 Å². The number of ketones is 2. The predicted octanol–water partition coefficient (Wildman–Crippen LogP) is 0.0778. The summed E-state index contributed by atoms with van der Waals surface area (Å²) in [7, 11) is 0. The first-order chi connectivity index (χ1) is 15.0. The van der Waals surface area contributed by atoms with Crippen LogP contribution in [0, 0.1) is 0 Å². The van der Waals surface area contributed by atoms with E-state index < -0.39 is 12.2 Å². The summed E-state index contributed by atoms with van der Waals surface area (Å²) in [5.74, 6) is -0.339. The van der Waals surface area contributed by atoms with Crippen LogP contribution in [0.25, 0.3) is 0 Å². The number of aliphatic hydroxyl groups is 4. The molecule has 0 radical (unpaired) electrons. The summed E-state index contributed by atoms with van der Waals surface area (Å²) in [4.78, 5) is 28.1. The van der Waals surface area contributed by atoms with Crippen molar-refractivity contribution in [1.82, 2.24) is 4.90 Å². The summed E-state index contributed by atoms with van der Waals surface area (Å²) in [5.41, 5.74) is 1.85. The Morgan fingerprint density at radius 2 is 1.58 bits per heavy atom. The Labute approximate surface area is 179 Å². The van der Waals surface area contributed by atoms with Crippen LogP contribution in [0.15, 0.2) is 30.3 Å². The Morgan fingerprint density at radius 3 is 2.23 bits per heavy atom. The summed E-state index contributed by atoms with van der Waals surface area (Å²) in [6.07, 6.45) is -2.26. The van der Waals surface area contributed by atoms with Crippen LogP contribution in [-0.4, -0.2) is 82.5 Å². The fourth-order valence-electron chi connectivity index (χ4n) is 4.40. The summed E-state index contributed by atoms with van der Waals surface area (Å²) in [5, 5.41) is 39.1. The number of benzene rings is 2. The zero-order valence-corrected chi connectivity index (χ0v) is 17.0. The van der Waals surface area contributed by atoms with Crippen LogP contribution in [0.4, 0.5) is 0 Å². The molecule has 0 amide bonds. The normalized spacial score (nSPS) is 19.4. The smallest absolute Gasteiger partial charge is 0.194 e. The van der Waals surface area contributed by atoms with Gasteiger partial charge in [0.1, 0.15) is 18.5 Å². The van der Waals surface area contributed by atoms with E-state index in [1.807, 2.05) is 4.90 Å². The molecule has 0 unspecified atom stereocenters. The van der Waals surface area contributed by atoms with Gasteiger partial charge >= 0.3 is 0 Å². The summed E-state index contributed by atoms with van der Waals surface area (Å²) < 4.78 is 5.89. The lowest BCUT2D eigenvalue weighted by Crippen LogP contribution is -2.33. The number of fused-ring (bicyclic) bond motifs is 4. The first kappa shape index (κ1) is 21.6. The second-order valence-electron chi connectivity index (χ2n) is 7.75. The van der Waals surface area contributed by atoms with Gasteiger partial charge in [0.25, 0.3) is 0 Å². The third kappa shape index (κ3) is 3.77. The van der Waals surface area contributed by atoms with Crippen molar-refractivity contribution in [2.75, 3.05) is 39.5 Å². The van der Waals surface area contributed by atoms with Crippen LogP contribution in [0.3, 0.4) is 0 Å². The van der Waals surface area contributed by atoms with Crippen molar-refractivity contribution in [2.45, 2.75) is 18.6 Å². The van der Waals surface area contributed by atoms with Crippen LogP contribution in [0.2, 0.25) is 0 Å². The average molecular weight is 427 g/mol. The molecule has 0 aromatic heterocycles. The number of hydrogen-bond donors (Lipinski definition) is 4. The van der Waals surface area contributed by atoms with E-state index in [9.17, 15) is 19.8 Å².